The zero-order valence-corrected chi connectivity index (χ0v) is 11.2. The molecule has 0 bridgehead atoms. The van der Waals surface area contributed by atoms with Crippen molar-refractivity contribution in [2.24, 2.45) is 0 Å². The molecule has 0 heterocycles. The van der Waals surface area contributed by atoms with Crippen LogP contribution in [0.4, 0.5) is 0 Å². The maximum absolute atomic E-state index is 11.5. The third-order valence-corrected chi connectivity index (χ3v) is 3.29. The summed E-state index contributed by atoms with van der Waals surface area (Å²) in [6.07, 6.45) is 0.548. The lowest BCUT2D eigenvalue weighted by Crippen LogP contribution is -2.40. The first-order valence-corrected chi connectivity index (χ1v) is 7.01. The fourth-order valence-corrected chi connectivity index (χ4v) is 2.11. The van der Waals surface area contributed by atoms with E-state index in [-0.39, 0.29) is 30.1 Å². The second-order valence-corrected chi connectivity index (χ2v) is 5.01. The van der Waals surface area contributed by atoms with E-state index in [9.17, 15) is 14.7 Å². The predicted octanol–water partition coefficient (Wildman–Crippen LogP) is 0.524. The van der Waals surface area contributed by atoms with Crippen molar-refractivity contribution < 1.29 is 19.8 Å². The van der Waals surface area contributed by atoms with Crippen molar-refractivity contribution in [2.45, 2.75) is 12.5 Å². The number of rotatable bonds is 8. The monoisotopic (exact) mass is 283 g/mol. The van der Waals surface area contributed by atoms with Gasteiger partial charge in [0, 0.05) is 0 Å². The third kappa shape index (κ3) is 6.83. The average molecular weight is 283 g/mol. The lowest BCUT2D eigenvalue weighted by Gasteiger charge is -2.16. The second kappa shape index (κ2) is 8.55. The van der Waals surface area contributed by atoms with Crippen molar-refractivity contribution in [3.63, 3.8) is 0 Å². The highest BCUT2D eigenvalue weighted by atomic mass is 32.2. The maximum atomic E-state index is 11.5. The van der Waals surface area contributed by atoms with Crippen LogP contribution in [0.15, 0.2) is 30.3 Å². The summed E-state index contributed by atoms with van der Waals surface area (Å²) < 4.78 is 0. The Kier molecular flexibility index (Phi) is 6.99. The summed E-state index contributed by atoms with van der Waals surface area (Å²) in [6.45, 7) is -0.149. The lowest BCUT2D eigenvalue weighted by molar-refractivity contribution is -0.133. The van der Waals surface area contributed by atoms with E-state index in [1.54, 1.807) is 0 Å². The van der Waals surface area contributed by atoms with Gasteiger partial charge in [0.05, 0.1) is 24.2 Å². The molecule has 1 atom stereocenters. The molecule has 19 heavy (non-hydrogen) atoms. The minimum absolute atomic E-state index is 0.0809. The Morgan fingerprint density at radius 1 is 1.21 bits per heavy atom. The fraction of sp³-hybridized carbons (Fsp3) is 0.385. The van der Waals surface area contributed by atoms with Crippen molar-refractivity contribution in [1.29, 1.82) is 0 Å². The number of carbonyl (C=O) groups is 2. The van der Waals surface area contributed by atoms with E-state index in [0.717, 1.165) is 17.3 Å². The summed E-state index contributed by atoms with van der Waals surface area (Å²) in [7, 11) is 0. The number of aliphatic carboxylic acids is 1. The Hall–Kier alpha value is -1.53. The van der Waals surface area contributed by atoms with Crippen molar-refractivity contribution in [3.05, 3.63) is 35.9 Å². The Labute approximate surface area is 116 Å². The number of benzene rings is 1. The minimum Gasteiger partial charge on any atom is -0.481 e. The predicted molar refractivity (Wildman–Crippen MR) is 74.1 cm³/mol. The molecule has 0 aliphatic heterocycles. The van der Waals surface area contributed by atoms with E-state index in [1.165, 1.54) is 0 Å². The van der Waals surface area contributed by atoms with Crippen LogP contribution in [0.3, 0.4) is 0 Å². The van der Waals surface area contributed by atoms with Gasteiger partial charge in [-0.25, -0.2) is 0 Å². The molecule has 0 aliphatic rings. The van der Waals surface area contributed by atoms with Gasteiger partial charge < -0.3 is 15.5 Å². The number of carbonyl (C=O) groups excluding carboxylic acids is 1. The van der Waals surface area contributed by atoms with Crippen LogP contribution in [0.1, 0.15) is 5.56 Å². The van der Waals surface area contributed by atoms with Gasteiger partial charge in [0.1, 0.15) is 0 Å². The van der Waals surface area contributed by atoms with Gasteiger partial charge in [-0.2, -0.15) is 0 Å². The number of carboxylic acids is 1. The molecule has 0 saturated carbocycles. The summed E-state index contributed by atoms with van der Waals surface area (Å²) in [5.74, 6) is -1.23. The molecular formula is C13H17NO4S. The van der Waals surface area contributed by atoms with Crippen molar-refractivity contribution in [1.82, 2.24) is 5.32 Å². The van der Waals surface area contributed by atoms with Crippen LogP contribution in [-0.2, 0) is 16.0 Å². The zero-order chi connectivity index (χ0) is 14.1. The molecule has 0 radical (unpaired) electrons. The number of nitrogens with one attached hydrogen (secondary N) is 1. The molecule has 0 saturated heterocycles. The molecule has 104 valence electrons. The van der Waals surface area contributed by atoms with Crippen LogP contribution in [-0.4, -0.2) is 46.2 Å². The van der Waals surface area contributed by atoms with E-state index in [4.69, 9.17) is 5.11 Å². The molecule has 0 aromatic heterocycles. The molecule has 0 aliphatic carbocycles. The number of aliphatic hydroxyl groups excluding tert-OH is 1. The van der Waals surface area contributed by atoms with E-state index < -0.39 is 5.97 Å². The number of aliphatic hydroxyl groups is 1. The molecule has 1 rings (SSSR count). The van der Waals surface area contributed by atoms with E-state index in [1.807, 2.05) is 30.3 Å². The normalized spacial score (nSPS) is 11.8. The first kappa shape index (κ1) is 15.5. The molecule has 0 fully saturated rings. The van der Waals surface area contributed by atoms with Crippen LogP contribution < -0.4 is 5.32 Å². The summed E-state index contributed by atoms with van der Waals surface area (Å²) in [6, 6.07) is 9.20. The number of hydrogen-bond donors (Lipinski definition) is 3. The van der Waals surface area contributed by atoms with Gasteiger partial charge in [0.25, 0.3) is 0 Å². The SMILES string of the molecule is O=C(O)CSCC(=O)N[C@@H](CO)Cc1ccccc1. The number of carboxylic acid groups (broad SMARTS) is 1. The van der Waals surface area contributed by atoms with Crippen LogP contribution in [0.25, 0.3) is 0 Å². The average Bonchev–Trinajstić information content (AvgIpc) is 2.38. The summed E-state index contributed by atoms with van der Waals surface area (Å²) in [4.78, 5) is 21.9. The minimum atomic E-state index is -0.944. The van der Waals surface area contributed by atoms with E-state index in [0.29, 0.717) is 6.42 Å². The van der Waals surface area contributed by atoms with Gasteiger partial charge in [-0.1, -0.05) is 30.3 Å². The molecular weight excluding hydrogens is 266 g/mol. The molecule has 1 aromatic carbocycles. The highest BCUT2D eigenvalue weighted by Crippen LogP contribution is 2.04. The zero-order valence-electron chi connectivity index (χ0n) is 10.4. The van der Waals surface area contributed by atoms with Crippen LogP contribution in [0.2, 0.25) is 0 Å². The summed E-state index contributed by atoms with van der Waals surface area (Å²) >= 11 is 1.04. The van der Waals surface area contributed by atoms with E-state index >= 15 is 0 Å². The molecule has 0 spiro atoms. The van der Waals surface area contributed by atoms with Gasteiger partial charge in [-0.15, -0.1) is 11.8 Å². The van der Waals surface area contributed by atoms with Crippen molar-refractivity contribution in [2.75, 3.05) is 18.1 Å². The quantitative estimate of drug-likeness (QED) is 0.647. The highest BCUT2D eigenvalue weighted by Gasteiger charge is 2.12. The first-order chi connectivity index (χ1) is 9.11. The topological polar surface area (TPSA) is 86.6 Å². The molecule has 3 N–H and O–H groups in total. The number of thioether (sulfide) groups is 1. The van der Waals surface area contributed by atoms with Gasteiger partial charge in [0.15, 0.2) is 0 Å². The maximum Gasteiger partial charge on any atom is 0.313 e. The standard InChI is InChI=1S/C13H17NO4S/c15-7-11(6-10-4-2-1-3-5-10)14-12(16)8-19-9-13(17)18/h1-5,11,15H,6-9H2,(H,14,16)(H,17,18)/t11-/m1/s1. The Morgan fingerprint density at radius 3 is 2.47 bits per heavy atom. The molecule has 5 nitrogen and oxygen atoms in total. The van der Waals surface area contributed by atoms with E-state index in [2.05, 4.69) is 5.32 Å². The van der Waals surface area contributed by atoms with Gasteiger partial charge >= 0.3 is 5.97 Å². The molecule has 0 unspecified atom stereocenters. The molecule has 1 amide bonds. The summed E-state index contributed by atoms with van der Waals surface area (Å²) in [5, 5.41) is 20.4. The van der Waals surface area contributed by atoms with Crippen molar-refractivity contribution >= 4 is 23.6 Å². The van der Waals surface area contributed by atoms with Crippen LogP contribution >= 0.6 is 11.8 Å². The van der Waals surface area contributed by atoms with Gasteiger partial charge in [-0.3, -0.25) is 9.59 Å². The summed E-state index contributed by atoms with van der Waals surface area (Å²) in [5.41, 5.74) is 1.03. The van der Waals surface area contributed by atoms with Gasteiger partial charge in [-0.05, 0) is 12.0 Å². The first-order valence-electron chi connectivity index (χ1n) is 5.85. The Balaban J connectivity index is 2.35. The number of hydrogen-bond acceptors (Lipinski definition) is 4. The largest absolute Gasteiger partial charge is 0.481 e. The smallest absolute Gasteiger partial charge is 0.313 e. The van der Waals surface area contributed by atoms with Crippen LogP contribution in [0.5, 0.6) is 0 Å². The van der Waals surface area contributed by atoms with Crippen molar-refractivity contribution in [3.8, 4) is 0 Å². The Bertz CT molecular complexity index is 410. The molecule has 1 aromatic rings. The fourth-order valence-electron chi connectivity index (χ4n) is 1.56. The number of amides is 1. The highest BCUT2D eigenvalue weighted by molar-refractivity contribution is 8.00. The van der Waals surface area contributed by atoms with Crippen LogP contribution in [0, 0.1) is 0 Å². The lowest BCUT2D eigenvalue weighted by atomic mass is 10.1. The molecule has 6 heteroatoms. The van der Waals surface area contributed by atoms with Gasteiger partial charge in [0.2, 0.25) is 5.91 Å². The third-order valence-electron chi connectivity index (χ3n) is 2.37. The Morgan fingerprint density at radius 2 is 1.89 bits per heavy atom. The second-order valence-electron chi connectivity index (χ2n) is 4.02.